The number of hydrogen-bond donors (Lipinski definition) is 3. The highest BCUT2D eigenvalue weighted by atomic mass is 16.4. The van der Waals surface area contributed by atoms with Gasteiger partial charge in [0.2, 0.25) is 0 Å². The average molecular weight is 336 g/mol. The normalized spacial score (nSPS) is 10.6. The number of anilines is 3. The number of hydrogen-bond acceptors (Lipinski definition) is 5. The molecule has 0 spiro atoms. The highest BCUT2D eigenvalue weighted by molar-refractivity contribution is 5.99. The number of carboxylic acid groups (broad SMARTS) is 1. The van der Waals surface area contributed by atoms with Crippen LogP contribution in [-0.2, 0) is 9.59 Å². The Kier molecular flexibility index (Phi) is 5.74. The number of para-hydroxylation sites is 1. The van der Waals surface area contributed by atoms with Crippen molar-refractivity contribution in [2.45, 2.75) is 0 Å². The maximum atomic E-state index is 12.0. The molecule has 0 aliphatic heterocycles. The molecule has 0 fully saturated rings. The van der Waals surface area contributed by atoms with Gasteiger partial charge in [-0.05, 0) is 36.4 Å². The molecular weight excluding hydrogens is 320 g/mol. The van der Waals surface area contributed by atoms with Crippen molar-refractivity contribution in [3.63, 3.8) is 0 Å². The monoisotopic (exact) mass is 336 g/mol. The first kappa shape index (κ1) is 17.6. The molecule has 0 unspecified atom stereocenters. The number of amides is 1. The Bertz CT molecular complexity index is 824. The van der Waals surface area contributed by atoms with Gasteiger partial charge in [0.15, 0.2) is 0 Å². The minimum Gasteiger partial charge on any atom is -0.480 e. The summed E-state index contributed by atoms with van der Waals surface area (Å²) in [6.07, 6.45) is 1.36. The molecule has 1 amide bonds. The lowest BCUT2D eigenvalue weighted by atomic mass is 10.2. The Morgan fingerprint density at radius 2 is 1.72 bits per heavy atom. The van der Waals surface area contributed by atoms with E-state index in [9.17, 15) is 14.9 Å². The number of benzene rings is 2. The van der Waals surface area contributed by atoms with Crippen LogP contribution in [0.3, 0.4) is 0 Å². The highest BCUT2D eigenvalue weighted by Crippen LogP contribution is 2.27. The van der Waals surface area contributed by atoms with Gasteiger partial charge < -0.3 is 21.1 Å². The molecule has 0 saturated heterocycles. The van der Waals surface area contributed by atoms with E-state index in [1.165, 1.54) is 6.20 Å². The van der Waals surface area contributed by atoms with E-state index in [2.05, 4.69) is 5.32 Å². The van der Waals surface area contributed by atoms with Crippen molar-refractivity contribution in [2.75, 3.05) is 17.2 Å². The molecule has 2 aromatic rings. The Morgan fingerprint density at radius 1 is 1.12 bits per heavy atom. The van der Waals surface area contributed by atoms with Gasteiger partial charge in [-0.3, -0.25) is 9.59 Å². The summed E-state index contributed by atoms with van der Waals surface area (Å²) in [5.74, 6) is -1.95. The van der Waals surface area contributed by atoms with Crippen molar-refractivity contribution in [1.29, 1.82) is 5.26 Å². The van der Waals surface area contributed by atoms with Crippen LogP contribution in [0.2, 0.25) is 0 Å². The van der Waals surface area contributed by atoms with Gasteiger partial charge in [0.05, 0.1) is 0 Å². The summed E-state index contributed by atoms with van der Waals surface area (Å²) in [5.41, 5.74) is 7.49. The van der Waals surface area contributed by atoms with Crippen molar-refractivity contribution in [2.24, 2.45) is 0 Å². The van der Waals surface area contributed by atoms with Gasteiger partial charge >= 0.3 is 5.97 Å². The maximum Gasteiger partial charge on any atom is 0.322 e. The molecule has 7 nitrogen and oxygen atoms in total. The lowest BCUT2D eigenvalue weighted by molar-refractivity contribution is -0.137. The van der Waals surface area contributed by atoms with Crippen LogP contribution >= 0.6 is 0 Å². The van der Waals surface area contributed by atoms with Crippen LogP contribution in [0.5, 0.6) is 0 Å². The quantitative estimate of drug-likeness (QED) is 0.422. The summed E-state index contributed by atoms with van der Waals surface area (Å²) in [5, 5.41) is 20.1. The molecule has 0 atom stereocenters. The summed E-state index contributed by atoms with van der Waals surface area (Å²) in [6.45, 7) is -0.564. The first-order valence-electron chi connectivity index (χ1n) is 7.33. The van der Waals surface area contributed by atoms with Gasteiger partial charge in [0.1, 0.15) is 18.2 Å². The zero-order valence-corrected chi connectivity index (χ0v) is 13.2. The number of nitrogens with zero attached hydrogens (tertiary/aromatic N) is 2. The van der Waals surface area contributed by atoms with E-state index in [1.54, 1.807) is 35.2 Å². The van der Waals surface area contributed by atoms with Crippen LogP contribution in [0.15, 0.2) is 66.4 Å². The van der Waals surface area contributed by atoms with Gasteiger partial charge in [-0.25, -0.2) is 0 Å². The highest BCUT2D eigenvalue weighted by Gasteiger charge is 2.14. The Balaban J connectivity index is 2.40. The molecular formula is C18H16N4O3. The van der Waals surface area contributed by atoms with Crippen molar-refractivity contribution in [1.82, 2.24) is 5.32 Å². The molecule has 4 N–H and O–H groups in total. The van der Waals surface area contributed by atoms with Crippen LogP contribution in [0.1, 0.15) is 0 Å². The first-order valence-corrected chi connectivity index (χ1v) is 7.33. The molecule has 2 aromatic carbocycles. The summed E-state index contributed by atoms with van der Waals surface area (Å²) in [7, 11) is 0. The topological polar surface area (TPSA) is 119 Å². The van der Waals surface area contributed by atoms with E-state index in [0.29, 0.717) is 11.4 Å². The predicted molar refractivity (Wildman–Crippen MR) is 93.8 cm³/mol. The maximum absolute atomic E-state index is 12.0. The third-order valence-corrected chi connectivity index (χ3v) is 3.23. The number of carbonyl (C=O) groups is 2. The van der Waals surface area contributed by atoms with Crippen LogP contribution in [0.4, 0.5) is 17.1 Å². The lowest BCUT2D eigenvalue weighted by Gasteiger charge is -2.21. The molecule has 126 valence electrons. The predicted octanol–water partition coefficient (Wildman–Crippen LogP) is 2.02. The van der Waals surface area contributed by atoms with E-state index >= 15 is 0 Å². The number of nitrogens with one attached hydrogen (secondary N) is 1. The van der Waals surface area contributed by atoms with Crippen molar-refractivity contribution in [3.05, 3.63) is 66.4 Å². The number of nitrogen functional groups attached to an aromatic ring is 1. The fraction of sp³-hybridized carbons (Fsp3) is 0.0556. The summed E-state index contributed by atoms with van der Waals surface area (Å²) in [6, 6.07) is 17.8. The number of nitriles is 1. The van der Waals surface area contributed by atoms with Gasteiger partial charge in [0.25, 0.3) is 5.91 Å². The van der Waals surface area contributed by atoms with Crippen LogP contribution < -0.4 is 16.0 Å². The van der Waals surface area contributed by atoms with Crippen LogP contribution in [0.25, 0.3) is 0 Å². The fourth-order valence-corrected chi connectivity index (χ4v) is 2.04. The number of aliphatic carboxylic acids is 1. The Labute approximate surface area is 144 Å². The van der Waals surface area contributed by atoms with Crippen molar-refractivity contribution >= 4 is 28.9 Å². The molecule has 0 aromatic heterocycles. The third kappa shape index (κ3) is 4.84. The second-order valence-corrected chi connectivity index (χ2v) is 5.03. The van der Waals surface area contributed by atoms with Crippen molar-refractivity contribution in [3.8, 4) is 6.07 Å². The fourth-order valence-electron chi connectivity index (χ4n) is 2.04. The summed E-state index contributed by atoms with van der Waals surface area (Å²) >= 11 is 0. The van der Waals surface area contributed by atoms with E-state index in [1.807, 2.05) is 30.3 Å². The zero-order valence-electron chi connectivity index (χ0n) is 13.2. The van der Waals surface area contributed by atoms with E-state index < -0.39 is 18.4 Å². The number of rotatable bonds is 6. The van der Waals surface area contributed by atoms with Crippen LogP contribution in [0, 0.1) is 11.3 Å². The minimum absolute atomic E-state index is 0.220. The van der Waals surface area contributed by atoms with E-state index in [0.717, 1.165) is 5.69 Å². The molecule has 7 heteroatoms. The average Bonchev–Trinajstić information content (AvgIpc) is 2.62. The molecule has 2 rings (SSSR count). The minimum atomic E-state index is -1.19. The lowest BCUT2D eigenvalue weighted by Crippen LogP contribution is -2.30. The third-order valence-electron chi connectivity index (χ3n) is 3.23. The van der Waals surface area contributed by atoms with Gasteiger partial charge in [-0.1, -0.05) is 18.2 Å². The standard InChI is InChI=1S/C18H16N4O3/c19-10-13(18(25)21-11-17(23)24)12-22(15-4-2-1-3-5-15)16-8-6-14(20)7-9-16/h1-9,12H,11,20H2,(H,21,25)(H,23,24)/b13-12-. The first-order chi connectivity index (χ1) is 12.0. The molecule has 0 saturated carbocycles. The molecule has 0 bridgehead atoms. The Morgan fingerprint density at radius 3 is 2.28 bits per heavy atom. The zero-order chi connectivity index (χ0) is 18.2. The molecule has 0 aliphatic rings. The SMILES string of the molecule is N#C/C(=C/N(c1ccccc1)c1ccc(N)cc1)C(=O)NCC(=O)O. The second kappa shape index (κ2) is 8.17. The molecule has 25 heavy (non-hydrogen) atoms. The summed E-state index contributed by atoms with van der Waals surface area (Å²) < 4.78 is 0. The largest absolute Gasteiger partial charge is 0.480 e. The van der Waals surface area contributed by atoms with E-state index in [4.69, 9.17) is 10.8 Å². The summed E-state index contributed by atoms with van der Waals surface area (Å²) in [4.78, 5) is 24.2. The smallest absolute Gasteiger partial charge is 0.322 e. The van der Waals surface area contributed by atoms with Crippen molar-refractivity contribution < 1.29 is 14.7 Å². The second-order valence-electron chi connectivity index (χ2n) is 5.03. The van der Waals surface area contributed by atoms with Gasteiger partial charge in [0, 0.05) is 23.3 Å². The van der Waals surface area contributed by atoms with Crippen LogP contribution in [-0.4, -0.2) is 23.5 Å². The van der Waals surface area contributed by atoms with E-state index in [-0.39, 0.29) is 5.57 Å². The molecule has 0 radical (unpaired) electrons. The van der Waals surface area contributed by atoms with Gasteiger partial charge in [-0.15, -0.1) is 0 Å². The Hall–Kier alpha value is -3.79. The molecule has 0 heterocycles. The number of carboxylic acids is 1. The van der Waals surface area contributed by atoms with Gasteiger partial charge in [-0.2, -0.15) is 5.26 Å². The number of nitrogens with two attached hydrogens (primary N) is 1. The number of carbonyl (C=O) groups excluding carboxylic acids is 1. The molecule has 0 aliphatic carbocycles.